The van der Waals surface area contributed by atoms with Crippen LogP contribution < -0.4 is 20.7 Å². The fourth-order valence-electron chi connectivity index (χ4n) is 3.33. The number of carbonyl (C=O) groups excluding carboxylic acids is 2. The van der Waals surface area contributed by atoms with Crippen LogP contribution in [-0.4, -0.2) is 18.5 Å². The highest BCUT2D eigenvalue weighted by Crippen LogP contribution is 2.36. The van der Waals surface area contributed by atoms with E-state index in [0.29, 0.717) is 17.9 Å². The first kappa shape index (κ1) is 22.2. The van der Waals surface area contributed by atoms with Gasteiger partial charge < -0.3 is 20.7 Å². The summed E-state index contributed by atoms with van der Waals surface area (Å²) in [6.07, 6.45) is -3.78. The van der Waals surface area contributed by atoms with Crippen LogP contribution in [0.2, 0.25) is 0 Å². The third kappa shape index (κ3) is 5.17. The van der Waals surface area contributed by atoms with Gasteiger partial charge in [-0.3, -0.25) is 4.79 Å². The average Bonchev–Trinajstić information content (AvgIpc) is 2.71. The Labute approximate surface area is 177 Å². The zero-order chi connectivity index (χ0) is 22.6. The van der Waals surface area contributed by atoms with E-state index in [2.05, 4.69) is 22.5 Å². The lowest BCUT2D eigenvalue weighted by Crippen LogP contribution is -2.51. The van der Waals surface area contributed by atoms with Crippen molar-refractivity contribution in [3.05, 3.63) is 71.9 Å². The van der Waals surface area contributed by atoms with Crippen molar-refractivity contribution in [1.29, 1.82) is 0 Å². The lowest BCUT2D eigenvalue weighted by atomic mass is 9.87. The molecule has 1 saturated heterocycles. The Balaban J connectivity index is 1.91. The Morgan fingerprint density at radius 2 is 1.94 bits per heavy atom. The summed E-state index contributed by atoms with van der Waals surface area (Å²) < 4.78 is 44.7. The maximum absolute atomic E-state index is 13.1. The molecule has 164 valence electrons. The molecule has 0 unspecified atom stereocenters. The Hall–Kier alpha value is -3.49. The second-order valence-corrected chi connectivity index (χ2v) is 7.03. The zero-order valence-corrected chi connectivity index (χ0v) is 16.8. The molecule has 2 aromatic carbocycles. The highest BCUT2D eigenvalue weighted by Gasteiger charge is 2.39. The van der Waals surface area contributed by atoms with E-state index in [-0.39, 0.29) is 11.4 Å². The number of nitrogens with one attached hydrogen (secondary N) is 3. The Morgan fingerprint density at radius 3 is 2.65 bits per heavy atom. The SMILES string of the molecule is C=C1NC(=O)N[C@H](c2ccccc2OCCC)[C@H]1C(=O)Nc1cccc(C(F)(F)F)c1. The van der Waals surface area contributed by atoms with Crippen molar-refractivity contribution in [3.8, 4) is 5.75 Å². The summed E-state index contributed by atoms with van der Waals surface area (Å²) in [6, 6.07) is 9.93. The van der Waals surface area contributed by atoms with Crippen molar-refractivity contribution in [2.24, 2.45) is 5.92 Å². The first-order valence-corrected chi connectivity index (χ1v) is 9.67. The molecule has 0 saturated carbocycles. The summed E-state index contributed by atoms with van der Waals surface area (Å²) >= 11 is 0. The van der Waals surface area contributed by atoms with Gasteiger partial charge in [-0.2, -0.15) is 13.2 Å². The number of hydrogen-bond acceptors (Lipinski definition) is 3. The van der Waals surface area contributed by atoms with Crippen molar-refractivity contribution in [3.63, 3.8) is 0 Å². The first-order valence-electron chi connectivity index (χ1n) is 9.67. The van der Waals surface area contributed by atoms with Gasteiger partial charge in [-0.25, -0.2) is 4.79 Å². The normalized spacial score (nSPS) is 18.7. The van der Waals surface area contributed by atoms with Crippen LogP contribution in [0, 0.1) is 5.92 Å². The third-order valence-electron chi connectivity index (χ3n) is 4.73. The second-order valence-electron chi connectivity index (χ2n) is 7.03. The molecule has 0 radical (unpaired) electrons. The van der Waals surface area contributed by atoms with Crippen LogP contribution in [0.3, 0.4) is 0 Å². The van der Waals surface area contributed by atoms with E-state index in [9.17, 15) is 22.8 Å². The van der Waals surface area contributed by atoms with Crippen LogP contribution in [0.15, 0.2) is 60.8 Å². The fourth-order valence-corrected chi connectivity index (χ4v) is 3.33. The van der Waals surface area contributed by atoms with E-state index in [1.807, 2.05) is 6.92 Å². The monoisotopic (exact) mass is 433 g/mol. The number of benzene rings is 2. The van der Waals surface area contributed by atoms with Crippen LogP contribution >= 0.6 is 0 Å². The molecular formula is C22H22F3N3O3. The Morgan fingerprint density at radius 1 is 1.19 bits per heavy atom. The summed E-state index contributed by atoms with van der Waals surface area (Å²) in [5.74, 6) is -1.10. The van der Waals surface area contributed by atoms with Gasteiger partial charge >= 0.3 is 12.2 Å². The summed E-state index contributed by atoms with van der Waals surface area (Å²) in [6.45, 7) is 6.17. The van der Waals surface area contributed by atoms with Gasteiger partial charge in [0, 0.05) is 16.9 Å². The maximum atomic E-state index is 13.1. The van der Waals surface area contributed by atoms with Crippen LogP contribution in [0.25, 0.3) is 0 Å². The van der Waals surface area contributed by atoms with Gasteiger partial charge in [0.05, 0.1) is 18.2 Å². The van der Waals surface area contributed by atoms with Crippen LogP contribution in [0.1, 0.15) is 30.5 Å². The summed E-state index contributed by atoms with van der Waals surface area (Å²) in [4.78, 5) is 25.2. The summed E-state index contributed by atoms with van der Waals surface area (Å²) in [5.41, 5.74) is -0.201. The molecule has 6 nitrogen and oxygen atoms in total. The topological polar surface area (TPSA) is 79.5 Å². The number of alkyl halides is 3. The zero-order valence-electron chi connectivity index (χ0n) is 16.8. The second kappa shape index (κ2) is 9.11. The molecule has 3 N–H and O–H groups in total. The number of urea groups is 1. The maximum Gasteiger partial charge on any atom is 0.416 e. The molecule has 31 heavy (non-hydrogen) atoms. The number of para-hydroxylation sites is 1. The van der Waals surface area contributed by atoms with Crippen molar-refractivity contribution >= 4 is 17.6 Å². The Bertz CT molecular complexity index is 991. The van der Waals surface area contributed by atoms with E-state index in [4.69, 9.17) is 4.74 Å². The highest BCUT2D eigenvalue weighted by molar-refractivity contribution is 5.97. The number of carbonyl (C=O) groups is 2. The van der Waals surface area contributed by atoms with Crippen LogP contribution in [0.5, 0.6) is 5.75 Å². The summed E-state index contributed by atoms with van der Waals surface area (Å²) in [5, 5.41) is 7.67. The van der Waals surface area contributed by atoms with Gasteiger partial charge in [-0.1, -0.05) is 37.8 Å². The van der Waals surface area contributed by atoms with E-state index in [0.717, 1.165) is 18.6 Å². The van der Waals surface area contributed by atoms with Crippen LogP contribution in [0.4, 0.5) is 23.7 Å². The van der Waals surface area contributed by atoms with Crippen molar-refractivity contribution in [2.75, 3.05) is 11.9 Å². The fraction of sp³-hybridized carbons (Fsp3) is 0.273. The summed E-state index contributed by atoms with van der Waals surface area (Å²) in [7, 11) is 0. The predicted molar refractivity (Wildman–Crippen MR) is 109 cm³/mol. The molecular weight excluding hydrogens is 411 g/mol. The molecule has 0 spiro atoms. The van der Waals surface area contributed by atoms with Gasteiger partial charge in [0.15, 0.2) is 0 Å². The number of amides is 3. The van der Waals surface area contributed by atoms with Gasteiger partial charge in [0.25, 0.3) is 0 Å². The molecule has 1 aliphatic rings. The van der Waals surface area contributed by atoms with E-state index < -0.39 is 35.6 Å². The van der Waals surface area contributed by atoms with Gasteiger partial charge in [-0.15, -0.1) is 0 Å². The minimum Gasteiger partial charge on any atom is -0.493 e. The minimum absolute atomic E-state index is 0.0150. The molecule has 3 rings (SSSR count). The van der Waals surface area contributed by atoms with Crippen molar-refractivity contribution in [2.45, 2.75) is 25.6 Å². The minimum atomic E-state index is -4.54. The molecule has 1 fully saturated rings. The van der Waals surface area contributed by atoms with E-state index in [1.165, 1.54) is 12.1 Å². The molecule has 0 aliphatic carbocycles. The molecule has 3 amide bonds. The predicted octanol–water partition coefficient (Wildman–Crippen LogP) is 4.62. The number of rotatable bonds is 6. The first-order chi connectivity index (χ1) is 14.7. The lowest BCUT2D eigenvalue weighted by Gasteiger charge is -2.34. The quantitative estimate of drug-likeness (QED) is 0.622. The smallest absolute Gasteiger partial charge is 0.416 e. The molecule has 9 heteroatoms. The van der Waals surface area contributed by atoms with Gasteiger partial charge in [-0.05, 0) is 30.7 Å². The average molecular weight is 433 g/mol. The lowest BCUT2D eigenvalue weighted by molar-refractivity contribution is -0.137. The standard InChI is InChI=1S/C22H22F3N3O3/c1-3-11-31-17-10-5-4-9-16(17)19-18(13(2)26-21(30)28-19)20(29)27-15-8-6-7-14(12-15)22(23,24)25/h4-10,12,18-19H,2-3,11H2,1H3,(H,27,29)(H2,26,28,30)/t18-,19+/m0/s1. The number of hydrogen-bond donors (Lipinski definition) is 3. The van der Waals surface area contributed by atoms with E-state index in [1.54, 1.807) is 24.3 Å². The molecule has 1 heterocycles. The molecule has 0 aromatic heterocycles. The number of halogens is 3. The number of anilines is 1. The van der Waals surface area contributed by atoms with E-state index >= 15 is 0 Å². The molecule has 0 bridgehead atoms. The third-order valence-corrected chi connectivity index (χ3v) is 4.73. The highest BCUT2D eigenvalue weighted by atomic mass is 19.4. The molecule has 2 atom stereocenters. The van der Waals surface area contributed by atoms with Gasteiger partial charge in [0.2, 0.25) is 5.91 Å². The van der Waals surface area contributed by atoms with Gasteiger partial charge in [0.1, 0.15) is 11.7 Å². The largest absolute Gasteiger partial charge is 0.493 e. The molecule has 2 aromatic rings. The van der Waals surface area contributed by atoms with Crippen molar-refractivity contribution < 1.29 is 27.5 Å². The molecule has 1 aliphatic heterocycles. The number of ether oxygens (including phenoxy) is 1. The van der Waals surface area contributed by atoms with Crippen molar-refractivity contribution in [1.82, 2.24) is 10.6 Å². The van der Waals surface area contributed by atoms with Crippen LogP contribution in [-0.2, 0) is 11.0 Å². The Kier molecular flexibility index (Phi) is 6.53.